The Hall–Kier alpha value is -0.970. The second kappa shape index (κ2) is 4.96. The Balaban J connectivity index is 1.78. The lowest BCUT2D eigenvalue weighted by molar-refractivity contribution is 0.174. The highest BCUT2D eigenvalue weighted by Gasteiger charge is 2.24. The van der Waals surface area contributed by atoms with Gasteiger partial charge in [0, 0.05) is 12.6 Å². The summed E-state index contributed by atoms with van der Waals surface area (Å²) in [5.74, 6) is 2.17. The molecule has 5 heteroatoms. The molecule has 0 radical (unpaired) electrons. The zero-order chi connectivity index (χ0) is 12.5. The lowest BCUT2D eigenvalue weighted by Crippen LogP contribution is -2.29. The van der Waals surface area contributed by atoms with Gasteiger partial charge >= 0.3 is 0 Å². The third-order valence-corrected chi connectivity index (χ3v) is 3.72. The van der Waals surface area contributed by atoms with Crippen molar-refractivity contribution in [3.05, 3.63) is 22.7 Å². The Morgan fingerprint density at radius 2 is 2.22 bits per heavy atom. The van der Waals surface area contributed by atoms with E-state index in [9.17, 15) is 0 Å². The van der Waals surface area contributed by atoms with Gasteiger partial charge in [0.2, 0.25) is 6.79 Å². The number of hydrogen-bond acceptors (Lipinski definition) is 4. The second-order valence-electron chi connectivity index (χ2n) is 4.88. The molecule has 1 aliphatic heterocycles. The summed E-state index contributed by atoms with van der Waals surface area (Å²) < 4.78 is 10.7. The molecule has 1 unspecified atom stereocenters. The van der Waals surface area contributed by atoms with E-state index in [1.165, 1.54) is 12.8 Å². The van der Waals surface area contributed by atoms with E-state index in [-0.39, 0.29) is 12.8 Å². The van der Waals surface area contributed by atoms with Gasteiger partial charge in [0.1, 0.15) is 0 Å². The van der Waals surface area contributed by atoms with Crippen LogP contribution in [0.25, 0.3) is 0 Å². The average molecular weight is 269 g/mol. The third-order valence-electron chi connectivity index (χ3n) is 3.44. The van der Waals surface area contributed by atoms with E-state index in [2.05, 4.69) is 5.32 Å². The fraction of sp³-hybridized carbons (Fsp3) is 0.538. The summed E-state index contributed by atoms with van der Waals surface area (Å²) in [4.78, 5) is 0. The number of halogens is 1. The summed E-state index contributed by atoms with van der Waals surface area (Å²) in [7, 11) is 0. The van der Waals surface area contributed by atoms with Crippen LogP contribution in [0.4, 0.5) is 0 Å². The highest BCUT2D eigenvalue weighted by molar-refractivity contribution is 6.32. The molecule has 0 saturated heterocycles. The van der Waals surface area contributed by atoms with Crippen LogP contribution in [0.15, 0.2) is 12.1 Å². The van der Waals surface area contributed by atoms with Crippen LogP contribution in [0.1, 0.15) is 24.4 Å². The molecule has 0 aromatic heterocycles. The highest BCUT2D eigenvalue weighted by atomic mass is 35.5. The second-order valence-corrected chi connectivity index (χ2v) is 5.28. The largest absolute Gasteiger partial charge is 0.454 e. The van der Waals surface area contributed by atoms with Crippen molar-refractivity contribution >= 4 is 11.6 Å². The van der Waals surface area contributed by atoms with Crippen LogP contribution < -0.4 is 20.5 Å². The quantitative estimate of drug-likeness (QED) is 0.858. The van der Waals surface area contributed by atoms with Crippen molar-refractivity contribution in [2.75, 3.05) is 19.9 Å². The number of nitrogens with one attached hydrogen (secondary N) is 1. The van der Waals surface area contributed by atoms with Gasteiger partial charge in [0.05, 0.1) is 5.02 Å². The molecule has 3 rings (SSSR count). The van der Waals surface area contributed by atoms with Crippen molar-refractivity contribution in [2.24, 2.45) is 11.7 Å². The molecule has 1 atom stereocenters. The van der Waals surface area contributed by atoms with Crippen LogP contribution in [0.2, 0.25) is 5.02 Å². The molecule has 0 amide bonds. The monoisotopic (exact) mass is 268 g/mol. The van der Waals surface area contributed by atoms with E-state index < -0.39 is 0 Å². The molecule has 18 heavy (non-hydrogen) atoms. The first-order valence-electron chi connectivity index (χ1n) is 6.30. The van der Waals surface area contributed by atoms with Crippen molar-refractivity contribution in [2.45, 2.75) is 18.9 Å². The Labute approximate surface area is 111 Å². The molecule has 1 fully saturated rings. The maximum absolute atomic E-state index is 6.18. The van der Waals surface area contributed by atoms with E-state index >= 15 is 0 Å². The van der Waals surface area contributed by atoms with E-state index in [1.54, 1.807) is 0 Å². The minimum atomic E-state index is 0.123. The Kier molecular flexibility index (Phi) is 3.33. The van der Waals surface area contributed by atoms with Crippen molar-refractivity contribution in [1.82, 2.24) is 5.32 Å². The lowest BCUT2D eigenvalue weighted by Gasteiger charge is -2.18. The first-order chi connectivity index (χ1) is 8.78. The van der Waals surface area contributed by atoms with Crippen molar-refractivity contribution in [3.8, 4) is 11.5 Å². The highest BCUT2D eigenvalue weighted by Crippen LogP contribution is 2.41. The van der Waals surface area contributed by atoms with E-state index in [0.717, 1.165) is 18.0 Å². The molecule has 0 spiro atoms. The molecule has 3 N–H and O–H groups in total. The van der Waals surface area contributed by atoms with Crippen LogP contribution in [0.5, 0.6) is 11.5 Å². The number of hydrogen-bond donors (Lipinski definition) is 2. The van der Waals surface area contributed by atoms with Gasteiger partial charge in [-0.3, -0.25) is 0 Å². The zero-order valence-electron chi connectivity index (χ0n) is 10.1. The third kappa shape index (κ3) is 2.41. The topological polar surface area (TPSA) is 56.5 Å². The summed E-state index contributed by atoms with van der Waals surface area (Å²) in [6.45, 7) is 1.80. The van der Waals surface area contributed by atoms with Gasteiger partial charge in [-0.05, 0) is 43.0 Å². The SMILES string of the molecule is NCC(NCC1CC1)c1cc(Cl)c2c(c1)OCO2. The Morgan fingerprint density at radius 1 is 1.39 bits per heavy atom. The number of nitrogens with two attached hydrogens (primary N) is 1. The predicted molar refractivity (Wildman–Crippen MR) is 70.1 cm³/mol. The molecule has 1 aliphatic carbocycles. The predicted octanol–water partition coefficient (Wildman–Crippen LogP) is 2.07. The molecule has 2 aliphatic rings. The van der Waals surface area contributed by atoms with Crippen LogP contribution in [0.3, 0.4) is 0 Å². The van der Waals surface area contributed by atoms with Gasteiger partial charge in [-0.1, -0.05) is 11.6 Å². The number of fused-ring (bicyclic) bond motifs is 1. The molecule has 98 valence electrons. The average Bonchev–Trinajstić information content (AvgIpc) is 3.06. The Morgan fingerprint density at radius 3 is 2.94 bits per heavy atom. The van der Waals surface area contributed by atoms with Crippen LogP contribution in [-0.4, -0.2) is 19.9 Å². The summed E-state index contributed by atoms with van der Waals surface area (Å²) in [5, 5.41) is 4.08. The number of benzene rings is 1. The van der Waals surface area contributed by atoms with Gasteiger partial charge in [-0.2, -0.15) is 0 Å². The van der Waals surface area contributed by atoms with E-state index in [1.807, 2.05) is 12.1 Å². The molecule has 1 aromatic rings. The van der Waals surface area contributed by atoms with Crippen LogP contribution >= 0.6 is 11.6 Å². The first kappa shape index (κ1) is 12.1. The van der Waals surface area contributed by atoms with Crippen molar-refractivity contribution in [3.63, 3.8) is 0 Å². The van der Waals surface area contributed by atoms with Gasteiger partial charge in [0.25, 0.3) is 0 Å². The minimum Gasteiger partial charge on any atom is -0.454 e. The molecular weight excluding hydrogens is 252 g/mol. The van der Waals surface area contributed by atoms with Gasteiger partial charge in [-0.25, -0.2) is 0 Å². The van der Waals surface area contributed by atoms with Gasteiger partial charge < -0.3 is 20.5 Å². The molecule has 4 nitrogen and oxygen atoms in total. The molecule has 0 bridgehead atoms. The van der Waals surface area contributed by atoms with E-state index in [4.69, 9.17) is 26.8 Å². The molecule has 1 saturated carbocycles. The zero-order valence-corrected chi connectivity index (χ0v) is 10.9. The first-order valence-corrected chi connectivity index (χ1v) is 6.68. The fourth-order valence-electron chi connectivity index (χ4n) is 2.16. The maximum atomic E-state index is 6.18. The molecule has 1 heterocycles. The summed E-state index contributed by atoms with van der Waals surface area (Å²) >= 11 is 6.18. The smallest absolute Gasteiger partial charge is 0.231 e. The minimum absolute atomic E-state index is 0.123. The van der Waals surface area contributed by atoms with Gasteiger partial charge in [-0.15, -0.1) is 0 Å². The normalized spacial score (nSPS) is 19.0. The van der Waals surface area contributed by atoms with Crippen molar-refractivity contribution < 1.29 is 9.47 Å². The molecule has 1 aromatic carbocycles. The van der Waals surface area contributed by atoms with Gasteiger partial charge in [0.15, 0.2) is 11.5 Å². The Bertz CT molecular complexity index is 449. The number of rotatable bonds is 5. The molecular formula is C13H17ClN2O2. The summed E-state index contributed by atoms with van der Waals surface area (Å²) in [6, 6.07) is 4.00. The summed E-state index contributed by atoms with van der Waals surface area (Å²) in [6.07, 6.45) is 2.65. The van der Waals surface area contributed by atoms with Crippen LogP contribution in [-0.2, 0) is 0 Å². The van der Waals surface area contributed by atoms with Crippen LogP contribution in [0, 0.1) is 5.92 Å². The summed E-state index contributed by atoms with van der Waals surface area (Å²) in [5.41, 5.74) is 6.89. The fourth-order valence-corrected chi connectivity index (χ4v) is 2.43. The van der Waals surface area contributed by atoms with Crippen molar-refractivity contribution in [1.29, 1.82) is 0 Å². The maximum Gasteiger partial charge on any atom is 0.231 e. The standard InChI is InChI=1S/C13H17ClN2O2/c14-10-3-9(4-12-13(10)18-7-17-12)11(5-15)16-6-8-1-2-8/h3-4,8,11,16H,1-2,5-7,15H2. The lowest BCUT2D eigenvalue weighted by atomic mass is 10.1. The van der Waals surface area contributed by atoms with E-state index in [0.29, 0.717) is 23.1 Å². The number of ether oxygens (including phenoxy) is 2.